The average Bonchev–Trinajstić information content (AvgIpc) is 3.97. The van der Waals surface area contributed by atoms with Gasteiger partial charge in [-0.3, -0.25) is 9.97 Å². The molecule has 6 aromatic carbocycles. The highest BCUT2D eigenvalue weighted by Gasteiger charge is 2.23. The van der Waals surface area contributed by atoms with Crippen molar-refractivity contribution in [3.63, 3.8) is 0 Å². The number of nitrogens with zero attached hydrogens (tertiary/aromatic N) is 4. The number of thiophene rings is 1. The maximum Gasteiger partial charge on any atom is 0.206 e. The third-order valence-electron chi connectivity index (χ3n) is 10.9. The van der Waals surface area contributed by atoms with Crippen LogP contribution in [0.1, 0.15) is 0 Å². The summed E-state index contributed by atoms with van der Waals surface area (Å²) < 4.78 is 42.1. The number of hydrogen-bond acceptors (Lipinski definition) is 6. The SMILES string of the molecule is O=S(=O)(c1ccc2c(c1)c1ccccc1n2-c1ccc2oc3ccncc3c2c1)c1ccc2c(c1)c1ccccc1n2-c1ccc2sc3ccncc3c2c1. The Morgan fingerprint density at radius 3 is 1.69 bits per heavy atom. The minimum atomic E-state index is -3.90. The molecule has 0 saturated heterocycles. The highest BCUT2D eigenvalue weighted by atomic mass is 32.2. The first-order chi connectivity index (χ1) is 27.0. The zero-order chi connectivity index (χ0) is 36.4. The maximum atomic E-state index is 14.6. The van der Waals surface area contributed by atoms with E-state index in [1.807, 2.05) is 91.4 Å². The van der Waals surface area contributed by atoms with Crippen LogP contribution in [0.5, 0.6) is 0 Å². The molecule has 55 heavy (non-hydrogen) atoms. The van der Waals surface area contributed by atoms with Crippen molar-refractivity contribution in [1.29, 1.82) is 0 Å². The molecule has 0 aliphatic carbocycles. The van der Waals surface area contributed by atoms with Crippen LogP contribution in [0.4, 0.5) is 0 Å². The van der Waals surface area contributed by atoms with Gasteiger partial charge in [0.25, 0.3) is 0 Å². The second kappa shape index (κ2) is 11.1. The van der Waals surface area contributed by atoms with Gasteiger partial charge < -0.3 is 13.6 Å². The normalized spacial score (nSPS) is 12.5. The van der Waals surface area contributed by atoms with E-state index in [-0.39, 0.29) is 9.79 Å². The van der Waals surface area contributed by atoms with E-state index in [1.165, 1.54) is 9.40 Å². The Balaban J connectivity index is 1.01. The van der Waals surface area contributed by atoms with Crippen LogP contribution in [0.2, 0.25) is 0 Å². The van der Waals surface area contributed by atoms with Gasteiger partial charge in [0.15, 0.2) is 0 Å². The molecule has 0 amide bonds. The van der Waals surface area contributed by atoms with Gasteiger partial charge >= 0.3 is 0 Å². The van der Waals surface area contributed by atoms with Crippen molar-refractivity contribution < 1.29 is 12.8 Å². The number of pyridine rings is 2. The van der Waals surface area contributed by atoms with Crippen molar-refractivity contribution in [3.8, 4) is 11.4 Å². The average molecular weight is 747 g/mol. The number of aromatic nitrogens is 4. The lowest BCUT2D eigenvalue weighted by atomic mass is 10.1. The molecule has 0 spiro atoms. The summed E-state index contributed by atoms with van der Waals surface area (Å²) in [6.07, 6.45) is 7.31. The number of benzene rings is 6. The molecule has 0 aliphatic heterocycles. The van der Waals surface area contributed by atoms with Gasteiger partial charge in [0.1, 0.15) is 11.2 Å². The molecule has 0 N–H and O–H groups in total. The standard InChI is InChI=1S/C46H26N4O3S2/c51-55(52,29-11-13-41-33(23-29)31-5-1-3-7-39(31)49(41)27-9-15-43-35(21-27)37-25-47-19-17-44(37)53-43)30-12-14-42-34(24-30)32-6-2-4-8-40(32)50(42)28-10-16-45-36(22-28)38-26-48-20-18-46(38)54-45/h1-26H. The Morgan fingerprint density at radius 2 is 1.00 bits per heavy atom. The summed E-state index contributed by atoms with van der Waals surface area (Å²) in [5, 5.41) is 7.90. The molecular formula is C46H26N4O3S2. The van der Waals surface area contributed by atoms with Crippen molar-refractivity contribution >= 4 is 107 Å². The smallest absolute Gasteiger partial charge is 0.206 e. The molecule has 6 heterocycles. The fourth-order valence-electron chi connectivity index (χ4n) is 8.43. The Morgan fingerprint density at radius 1 is 0.455 bits per heavy atom. The molecule has 0 unspecified atom stereocenters. The van der Waals surface area contributed by atoms with Crippen LogP contribution in [0.15, 0.2) is 172 Å². The summed E-state index contributed by atoms with van der Waals surface area (Å²) in [6.45, 7) is 0. The van der Waals surface area contributed by atoms with Gasteiger partial charge in [0.05, 0.1) is 31.9 Å². The van der Waals surface area contributed by atoms with E-state index < -0.39 is 9.84 Å². The van der Waals surface area contributed by atoms with Gasteiger partial charge in [-0.2, -0.15) is 0 Å². The zero-order valence-corrected chi connectivity index (χ0v) is 30.5. The van der Waals surface area contributed by atoms with E-state index in [0.717, 1.165) is 87.7 Å². The Hall–Kier alpha value is -6.81. The van der Waals surface area contributed by atoms with E-state index >= 15 is 0 Å². The molecule has 0 fully saturated rings. The van der Waals surface area contributed by atoms with Gasteiger partial charge in [0.2, 0.25) is 9.84 Å². The molecule has 12 aromatic rings. The largest absolute Gasteiger partial charge is 0.456 e. The highest BCUT2D eigenvalue weighted by molar-refractivity contribution is 7.91. The number of rotatable bonds is 4. The summed E-state index contributed by atoms with van der Waals surface area (Å²) in [4.78, 5) is 9.21. The first-order valence-electron chi connectivity index (χ1n) is 17.9. The number of hydrogen-bond donors (Lipinski definition) is 0. The monoisotopic (exact) mass is 746 g/mol. The molecule has 0 radical (unpaired) electrons. The van der Waals surface area contributed by atoms with Crippen LogP contribution < -0.4 is 0 Å². The molecule has 0 aliphatic rings. The molecule has 0 bridgehead atoms. The molecule has 9 heteroatoms. The van der Waals surface area contributed by atoms with Crippen molar-refractivity contribution in [2.75, 3.05) is 0 Å². The van der Waals surface area contributed by atoms with Gasteiger partial charge in [-0.05, 0) is 97.1 Å². The Bertz CT molecular complexity index is 3470. The van der Waals surface area contributed by atoms with Crippen molar-refractivity contribution in [3.05, 3.63) is 158 Å². The molecule has 260 valence electrons. The van der Waals surface area contributed by atoms with Crippen LogP contribution in [0.25, 0.3) is 97.1 Å². The van der Waals surface area contributed by atoms with Gasteiger partial charge in [-0.15, -0.1) is 11.3 Å². The quantitative estimate of drug-likeness (QED) is 0.179. The van der Waals surface area contributed by atoms with E-state index in [9.17, 15) is 8.42 Å². The molecule has 6 aromatic heterocycles. The van der Waals surface area contributed by atoms with Crippen molar-refractivity contribution in [2.45, 2.75) is 9.79 Å². The number of para-hydroxylation sites is 2. The van der Waals surface area contributed by atoms with Gasteiger partial charge in [-0.25, -0.2) is 8.42 Å². The maximum absolute atomic E-state index is 14.6. The van der Waals surface area contributed by atoms with Gasteiger partial charge in [-0.1, -0.05) is 36.4 Å². The third kappa shape index (κ3) is 4.33. The van der Waals surface area contributed by atoms with Crippen LogP contribution in [0, 0.1) is 0 Å². The lowest BCUT2D eigenvalue weighted by Gasteiger charge is -2.10. The predicted molar refractivity (Wildman–Crippen MR) is 223 cm³/mol. The first kappa shape index (κ1) is 30.6. The van der Waals surface area contributed by atoms with Gasteiger partial charge in [0, 0.05) is 88.7 Å². The lowest BCUT2D eigenvalue weighted by Crippen LogP contribution is -2.02. The number of fused-ring (bicyclic) bond motifs is 12. The van der Waals surface area contributed by atoms with Crippen LogP contribution in [-0.4, -0.2) is 27.5 Å². The summed E-state index contributed by atoms with van der Waals surface area (Å²) in [7, 11) is -3.90. The van der Waals surface area contributed by atoms with E-state index in [4.69, 9.17) is 4.42 Å². The topological polar surface area (TPSA) is 82.9 Å². The fourth-order valence-corrected chi connectivity index (χ4v) is 10.8. The molecule has 0 saturated carbocycles. The fraction of sp³-hybridized carbons (Fsp3) is 0. The zero-order valence-electron chi connectivity index (χ0n) is 28.8. The first-order valence-corrected chi connectivity index (χ1v) is 20.2. The second-order valence-corrected chi connectivity index (χ2v) is 16.9. The van der Waals surface area contributed by atoms with Crippen LogP contribution in [0.3, 0.4) is 0 Å². The number of sulfone groups is 1. The summed E-state index contributed by atoms with van der Waals surface area (Å²) in [5.41, 5.74) is 7.38. The molecule has 0 atom stereocenters. The van der Waals surface area contributed by atoms with Crippen molar-refractivity contribution in [2.24, 2.45) is 0 Å². The van der Waals surface area contributed by atoms with E-state index in [0.29, 0.717) is 0 Å². The minimum Gasteiger partial charge on any atom is -0.456 e. The molecule has 7 nitrogen and oxygen atoms in total. The predicted octanol–water partition coefficient (Wildman–Crippen LogP) is 11.8. The molecule has 12 rings (SSSR count). The Kier molecular flexibility index (Phi) is 6.19. The summed E-state index contributed by atoms with van der Waals surface area (Å²) in [5.74, 6) is 0. The van der Waals surface area contributed by atoms with E-state index in [1.54, 1.807) is 29.7 Å². The highest BCUT2D eigenvalue weighted by Crippen LogP contribution is 2.40. The summed E-state index contributed by atoms with van der Waals surface area (Å²) in [6, 6.07) is 43.9. The Labute approximate surface area is 316 Å². The van der Waals surface area contributed by atoms with E-state index in [2.05, 4.69) is 67.6 Å². The third-order valence-corrected chi connectivity index (χ3v) is 13.8. The van der Waals surface area contributed by atoms with Crippen molar-refractivity contribution in [1.82, 2.24) is 19.1 Å². The van der Waals surface area contributed by atoms with Crippen LogP contribution in [-0.2, 0) is 9.84 Å². The number of furan rings is 1. The summed E-state index contributed by atoms with van der Waals surface area (Å²) >= 11 is 1.76. The minimum absolute atomic E-state index is 0.247. The molecular weight excluding hydrogens is 721 g/mol. The second-order valence-electron chi connectivity index (χ2n) is 13.9. The lowest BCUT2D eigenvalue weighted by molar-refractivity contribution is 0.596. The van der Waals surface area contributed by atoms with Crippen LogP contribution >= 0.6 is 11.3 Å².